The van der Waals surface area contributed by atoms with Crippen molar-refractivity contribution in [2.24, 2.45) is 5.92 Å². The average Bonchev–Trinajstić information content (AvgIpc) is 2.75. The monoisotopic (exact) mass is 297 g/mol. The molecule has 6 heteroatoms. The summed E-state index contributed by atoms with van der Waals surface area (Å²) in [6.45, 7) is 5.51. The first-order valence-electron chi connectivity index (χ1n) is 6.10. The Morgan fingerprint density at radius 2 is 2.26 bits per heavy atom. The summed E-state index contributed by atoms with van der Waals surface area (Å²) in [5.74, 6) is 0.524. The summed E-state index contributed by atoms with van der Waals surface area (Å²) in [6, 6.07) is 5.31. The second-order valence-electron chi connectivity index (χ2n) is 4.72. The minimum absolute atomic E-state index is 0.113. The van der Waals surface area contributed by atoms with E-state index in [1.165, 1.54) is 16.0 Å². The highest BCUT2D eigenvalue weighted by molar-refractivity contribution is 7.16. The topological polar surface area (TPSA) is 46.9 Å². The number of hydrogen-bond donors (Lipinski definition) is 1. The lowest BCUT2D eigenvalue weighted by Crippen LogP contribution is -2.23. The van der Waals surface area contributed by atoms with Crippen LogP contribution in [0.2, 0.25) is 4.34 Å². The van der Waals surface area contributed by atoms with Gasteiger partial charge in [-0.2, -0.15) is 5.10 Å². The molecule has 0 aliphatic carbocycles. The fourth-order valence-electron chi connectivity index (χ4n) is 1.56. The summed E-state index contributed by atoms with van der Waals surface area (Å²) >= 11 is 7.32. The van der Waals surface area contributed by atoms with Crippen molar-refractivity contribution >= 4 is 28.6 Å². The molecule has 2 heterocycles. The molecule has 0 aromatic carbocycles. The molecular weight excluding hydrogens is 282 g/mol. The number of nitrogens with one attached hydrogen (secondary N) is 1. The lowest BCUT2D eigenvalue weighted by molar-refractivity contribution is 0.643. The smallest absolute Gasteiger partial charge is 0.269 e. The molecule has 0 amide bonds. The Hall–Kier alpha value is -1.33. The Labute approximate surface area is 121 Å². The lowest BCUT2D eigenvalue weighted by atomic mass is 10.2. The van der Waals surface area contributed by atoms with Gasteiger partial charge in [-0.15, -0.1) is 11.3 Å². The van der Waals surface area contributed by atoms with Gasteiger partial charge in [0.15, 0.2) is 0 Å². The van der Waals surface area contributed by atoms with E-state index in [0.717, 1.165) is 21.4 Å². The Bertz CT molecular complexity index is 606. The maximum Gasteiger partial charge on any atom is 0.269 e. The molecule has 19 heavy (non-hydrogen) atoms. The van der Waals surface area contributed by atoms with E-state index in [0.29, 0.717) is 12.5 Å². The molecule has 2 aromatic heterocycles. The molecule has 0 fully saturated rings. The molecule has 0 aliphatic heterocycles. The highest BCUT2D eigenvalue weighted by Gasteiger charge is 2.04. The quantitative estimate of drug-likeness (QED) is 0.922. The van der Waals surface area contributed by atoms with Gasteiger partial charge in [0.1, 0.15) is 0 Å². The Kier molecular flexibility index (Phi) is 4.61. The van der Waals surface area contributed by atoms with Crippen molar-refractivity contribution in [2.75, 3.05) is 11.9 Å². The van der Waals surface area contributed by atoms with Gasteiger partial charge in [-0.1, -0.05) is 25.4 Å². The van der Waals surface area contributed by atoms with E-state index < -0.39 is 0 Å². The normalized spacial score (nSPS) is 10.9. The number of hydrogen-bond acceptors (Lipinski definition) is 4. The molecule has 0 aliphatic rings. The summed E-state index contributed by atoms with van der Waals surface area (Å²) in [5, 5.41) is 7.35. The second-order valence-corrected chi connectivity index (χ2v) is 6.52. The lowest BCUT2D eigenvalue weighted by Gasteiger charge is -2.09. The van der Waals surface area contributed by atoms with E-state index in [-0.39, 0.29) is 5.56 Å². The van der Waals surface area contributed by atoms with Crippen LogP contribution in [0.15, 0.2) is 29.2 Å². The third kappa shape index (κ3) is 4.08. The van der Waals surface area contributed by atoms with Crippen molar-refractivity contribution in [1.29, 1.82) is 0 Å². The summed E-state index contributed by atoms with van der Waals surface area (Å²) in [7, 11) is 0. The van der Waals surface area contributed by atoms with Crippen molar-refractivity contribution in [3.05, 3.63) is 44.0 Å². The van der Waals surface area contributed by atoms with Crippen molar-refractivity contribution in [2.45, 2.75) is 20.4 Å². The van der Waals surface area contributed by atoms with E-state index in [1.807, 2.05) is 12.1 Å². The molecule has 102 valence electrons. The fraction of sp³-hybridized carbons (Fsp3) is 0.385. The van der Waals surface area contributed by atoms with Crippen molar-refractivity contribution in [3.8, 4) is 0 Å². The molecule has 0 radical (unpaired) electrons. The van der Waals surface area contributed by atoms with Gasteiger partial charge < -0.3 is 5.32 Å². The second kappa shape index (κ2) is 6.21. The van der Waals surface area contributed by atoms with Gasteiger partial charge >= 0.3 is 0 Å². The molecule has 0 unspecified atom stereocenters. The van der Waals surface area contributed by atoms with E-state index in [4.69, 9.17) is 11.6 Å². The van der Waals surface area contributed by atoms with Gasteiger partial charge in [0.2, 0.25) is 0 Å². The molecule has 2 rings (SSSR count). The zero-order chi connectivity index (χ0) is 13.8. The first-order chi connectivity index (χ1) is 9.04. The van der Waals surface area contributed by atoms with Crippen molar-refractivity contribution in [3.63, 3.8) is 0 Å². The molecule has 2 aromatic rings. The van der Waals surface area contributed by atoms with Crippen LogP contribution in [-0.2, 0) is 6.54 Å². The average molecular weight is 298 g/mol. The van der Waals surface area contributed by atoms with Crippen LogP contribution in [0.1, 0.15) is 18.7 Å². The summed E-state index contributed by atoms with van der Waals surface area (Å²) in [5.41, 5.74) is 0.650. The first kappa shape index (κ1) is 14.1. The van der Waals surface area contributed by atoms with Gasteiger partial charge in [0.05, 0.1) is 22.8 Å². The highest BCUT2D eigenvalue weighted by atomic mass is 35.5. The van der Waals surface area contributed by atoms with Crippen LogP contribution in [-0.4, -0.2) is 16.3 Å². The van der Waals surface area contributed by atoms with Crippen LogP contribution in [0.4, 0.5) is 5.69 Å². The molecule has 0 atom stereocenters. The van der Waals surface area contributed by atoms with Gasteiger partial charge in [-0.25, -0.2) is 4.68 Å². The zero-order valence-electron chi connectivity index (χ0n) is 10.9. The van der Waals surface area contributed by atoms with Gasteiger partial charge in [0, 0.05) is 17.5 Å². The van der Waals surface area contributed by atoms with E-state index in [1.54, 1.807) is 12.3 Å². The molecule has 0 spiro atoms. The van der Waals surface area contributed by atoms with E-state index >= 15 is 0 Å². The highest BCUT2D eigenvalue weighted by Crippen LogP contribution is 2.21. The van der Waals surface area contributed by atoms with Gasteiger partial charge in [-0.05, 0) is 18.1 Å². The molecular formula is C13H16ClN3OS. The molecule has 0 bridgehead atoms. The molecule has 0 saturated heterocycles. The molecule has 1 N–H and O–H groups in total. The van der Waals surface area contributed by atoms with Gasteiger partial charge in [0.25, 0.3) is 5.56 Å². The van der Waals surface area contributed by atoms with Crippen LogP contribution >= 0.6 is 22.9 Å². The van der Waals surface area contributed by atoms with E-state index in [2.05, 4.69) is 24.3 Å². The Morgan fingerprint density at radius 3 is 2.84 bits per heavy atom. The van der Waals surface area contributed by atoms with Crippen LogP contribution in [0.3, 0.4) is 0 Å². The molecule has 0 saturated carbocycles. The number of nitrogens with zero attached hydrogens (tertiary/aromatic N) is 2. The SMILES string of the molecule is CC(C)CNc1cnn(Cc2ccc(Cl)s2)c(=O)c1. The summed E-state index contributed by atoms with van der Waals surface area (Å²) in [4.78, 5) is 12.9. The predicted molar refractivity (Wildman–Crippen MR) is 80.3 cm³/mol. The number of aromatic nitrogens is 2. The maximum atomic E-state index is 11.9. The summed E-state index contributed by atoms with van der Waals surface area (Å²) < 4.78 is 2.15. The Morgan fingerprint density at radius 1 is 1.47 bits per heavy atom. The number of anilines is 1. The first-order valence-corrected chi connectivity index (χ1v) is 7.29. The summed E-state index contributed by atoms with van der Waals surface area (Å²) in [6.07, 6.45) is 1.68. The number of thiophene rings is 1. The maximum absolute atomic E-state index is 11.9. The minimum Gasteiger partial charge on any atom is -0.383 e. The minimum atomic E-state index is -0.113. The zero-order valence-corrected chi connectivity index (χ0v) is 12.5. The van der Waals surface area contributed by atoms with Crippen LogP contribution in [0.5, 0.6) is 0 Å². The third-order valence-electron chi connectivity index (χ3n) is 2.52. The van der Waals surface area contributed by atoms with Crippen molar-refractivity contribution < 1.29 is 0 Å². The van der Waals surface area contributed by atoms with E-state index in [9.17, 15) is 4.79 Å². The van der Waals surface area contributed by atoms with Crippen LogP contribution < -0.4 is 10.9 Å². The fourth-order valence-corrected chi connectivity index (χ4v) is 2.63. The van der Waals surface area contributed by atoms with Crippen molar-refractivity contribution in [1.82, 2.24) is 9.78 Å². The Balaban J connectivity index is 2.09. The number of rotatable bonds is 5. The molecule has 4 nitrogen and oxygen atoms in total. The standard InChI is InChI=1S/C13H16ClN3OS/c1-9(2)6-15-10-5-13(18)17(16-7-10)8-11-3-4-12(14)19-11/h3-5,7,9,15H,6,8H2,1-2H3. The predicted octanol–water partition coefficient (Wildman–Crippen LogP) is 3.07. The van der Waals surface area contributed by atoms with Crippen LogP contribution in [0.25, 0.3) is 0 Å². The number of halogens is 1. The van der Waals surface area contributed by atoms with Gasteiger partial charge in [-0.3, -0.25) is 4.79 Å². The largest absolute Gasteiger partial charge is 0.383 e. The third-order valence-corrected chi connectivity index (χ3v) is 3.73. The van der Waals surface area contributed by atoms with Crippen LogP contribution in [0, 0.1) is 5.92 Å².